The molecule has 7 aromatic heterocycles. The smallest absolute Gasteiger partial charge is 0.171 e. The molecular weight excluding hydrogens is 1270 g/mol. The molecule has 22 rings (SSSR count). The fraction of sp³-hybridized carbons (Fsp3) is 0.0110. The number of para-hydroxylation sites is 5. The Morgan fingerprint density at radius 3 is 1.35 bits per heavy atom. The van der Waals surface area contributed by atoms with E-state index in [1.165, 1.54) is 39.1 Å². The topological polar surface area (TPSA) is 135 Å². The molecule has 11 nitrogen and oxygen atoms in total. The van der Waals surface area contributed by atoms with E-state index in [-0.39, 0.29) is 57.9 Å². The van der Waals surface area contributed by atoms with Crippen LogP contribution in [0.3, 0.4) is 0 Å². The summed E-state index contributed by atoms with van der Waals surface area (Å²) in [6, 6.07) is 77.9. The summed E-state index contributed by atoms with van der Waals surface area (Å²) < 4.78 is 124. The largest absolute Gasteiger partial charge is 0.456 e. The number of hydrogen-bond donors (Lipinski definition) is 0. The van der Waals surface area contributed by atoms with Crippen molar-refractivity contribution >= 4 is 110 Å². The van der Waals surface area contributed by atoms with Gasteiger partial charge in [-0.25, -0.2) is 34.3 Å². The van der Waals surface area contributed by atoms with E-state index in [9.17, 15) is 4.39 Å². The molecule has 103 heavy (non-hydrogen) atoms. The second-order valence-corrected chi connectivity index (χ2v) is 25.0. The second kappa shape index (κ2) is 24.2. The molecular formula is C91H54FN7O4. The van der Waals surface area contributed by atoms with Gasteiger partial charge >= 0.3 is 0 Å². The average molecular weight is 1340 g/mol. The van der Waals surface area contributed by atoms with Crippen LogP contribution in [0.4, 0.5) is 4.39 Å². The lowest BCUT2D eigenvalue weighted by molar-refractivity contribution is 0.584. The maximum atomic E-state index is 14.3. The van der Waals surface area contributed by atoms with E-state index in [1.807, 2.05) is 121 Å². The number of furan rings is 4. The van der Waals surface area contributed by atoms with Crippen LogP contribution < -0.4 is 0 Å². The summed E-state index contributed by atoms with van der Waals surface area (Å²) in [6.07, 6.45) is 1.03. The molecule has 0 radical (unpaired) electrons. The van der Waals surface area contributed by atoms with E-state index in [0.29, 0.717) is 50.2 Å². The number of nitrogens with zero attached hydrogens (tertiary/aromatic N) is 7. The van der Waals surface area contributed by atoms with E-state index in [1.54, 1.807) is 42.5 Å². The molecule has 0 aliphatic heterocycles. The van der Waals surface area contributed by atoms with Crippen molar-refractivity contribution in [2.75, 3.05) is 0 Å². The fourth-order valence-corrected chi connectivity index (χ4v) is 14.2. The number of hydrogen-bond acceptors (Lipinski definition) is 10. The first-order chi connectivity index (χ1) is 55.1. The molecule has 1 aliphatic carbocycles. The van der Waals surface area contributed by atoms with Crippen molar-refractivity contribution < 1.29 is 35.8 Å². The summed E-state index contributed by atoms with van der Waals surface area (Å²) in [7, 11) is 0. The summed E-state index contributed by atoms with van der Waals surface area (Å²) in [5.41, 5.74) is 16.2. The molecule has 7 heterocycles. The maximum Gasteiger partial charge on any atom is 0.171 e. The summed E-state index contributed by atoms with van der Waals surface area (Å²) in [5.74, 6) is 0.490. The minimum absolute atomic E-state index is 0.0243. The average Bonchev–Trinajstić information content (AvgIpc) is 1.57. The maximum absolute atomic E-state index is 14.3. The Morgan fingerprint density at radius 2 is 0.738 bits per heavy atom. The molecule has 0 spiro atoms. The monoisotopic (exact) mass is 1340 g/mol. The highest BCUT2D eigenvalue weighted by Crippen LogP contribution is 2.44. The molecule has 0 saturated heterocycles. The third-order valence-corrected chi connectivity index (χ3v) is 18.9. The highest BCUT2D eigenvalue weighted by atomic mass is 19.1. The van der Waals surface area contributed by atoms with Crippen LogP contribution in [0, 0.1) is 5.82 Å². The standard InChI is InChI=1S/C45H26N4O2.C27H16FN3O.C19H12O/c1-3-12-27(13-4-1)43-46-44(28-14-5-2-6-15-28)48-45(47-43)29-22-23-32-33-18-11-20-37(42(33)51-40(32)24-29)49-36-19-9-7-16-30(36)34-26-41-35(25-38(34)49)31-17-8-10-21-39(31)50-41;28-22-13-7-12-21-20-15-14-19(16-23(20)32-24(21)22)27-30-25(17-8-3-1-4-9-17)29-26(31-27)18-10-5-2-6-11-18;1-2-6-14-12(5-1)9-13-10-17-15-7-3-4-8-18(15)20-19(17)11-16(13)14/h1-26H;1-16H;1-8,10-11H,9H2/i1D,3D,4D,12D,13D;1D,3D,4D,8D,9D;. The number of fused-ring (bicyclic) bond motifs is 18. The summed E-state index contributed by atoms with van der Waals surface area (Å²) >= 11 is 0. The summed E-state index contributed by atoms with van der Waals surface area (Å²) in [4.78, 5) is 27.8. The number of halogens is 1. The molecule has 484 valence electrons. The van der Waals surface area contributed by atoms with E-state index in [4.69, 9.17) is 41.3 Å². The first-order valence-corrected chi connectivity index (χ1v) is 33.3. The second-order valence-electron chi connectivity index (χ2n) is 25.0. The van der Waals surface area contributed by atoms with Crippen LogP contribution in [0.5, 0.6) is 0 Å². The first kappa shape index (κ1) is 49.5. The van der Waals surface area contributed by atoms with Gasteiger partial charge in [-0.1, -0.05) is 236 Å². The Balaban J connectivity index is 0.000000124. The van der Waals surface area contributed by atoms with E-state index in [0.717, 1.165) is 83.2 Å². The fourth-order valence-electron chi connectivity index (χ4n) is 14.2. The van der Waals surface area contributed by atoms with Crippen LogP contribution in [-0.4, -0.2) is 34.5 Å². The van der Waals surface area contributed by atoms with Gasteiger partial charge in [0.2, 0.25) is 0 Å². The highest BCUT2D eigenvalue weighted by molar-refractivity contribution is 6.18. The molecule has 0 fully saturated rings. The van der Waals surface area contributed by atoms with Gasteiger partial charge in [-0.15, -0.1) is 0 Å². The summed E-state index contributed by atoms with van der Waals surface area (Å²) in [5, 5.41) is 9.90. The van der Waals surface area contributed by atoms with Gasteiger partial charge in [0.05, 0.1) is 30.4 Å². The van der Waals surface area contributed by atoms with Crippen LogP contribution in [0.25, 0.3) is 195 Å². The lowest BCUT2D eigenvalue weighted by atomic mass is 10.0. The molecule has 1 aliphatic rings. The molecule has 0 atom stereocenters. The normalized spacial score (nSPS) is 13.3. The van der Waals surface area contributed by atoms with Crippen molar-refractivity contribution in [1.29, 1.82) is 0 Å². The predicted octanol–water partition coefficient (Wildman–Crippen LogP) is 23.8. The van der Waals surface area contributed by atoms with Crippen LogP contribution in [0.1, 0.15) is 24.8 Å². The van der Waals surface area contributed by atoms with Crippen LogP contribution in [-0.2, 0) is 6.42 Å². The minimum Gasteiger partial charge on any atom is -0.456 e. The SMILES string of the molecule is [2H]c1c([2H])c([2H])c(-c2nc(-c3ccccc3)nc(-c3ccc4c(c3)oc3c(-n5c6ccccc6c6cc7oc8ccccc8c7cc65)cccc34)n2)c([2H])c1[2H].[2H]c1c([2H])c([2H])c(-c2nc(-c3ccccc3)nc(-c3ccc4c(c3)oc3c(F)cccc34)n2)c([2H])c1[2H].c1ccc2c(c1)Cc1cc3c(cc1-2)oc1ccccc13. The number of aromatic nitrogens is 7. The molecule has 12 heteroatoms. The molecule has 14 aromatic carbocycles. The molecule has 21 aromatic rings. The van der Waals surface area contributed by atoms with E-state index in [2.05, 4.69) is 109 Å². The molecule has 0 bridgehead atoms. The molecule has 0 unspecified atom stereocenters. The Bertz CT molecular complexity index is 7540. The van der Waals surface area contributed by atoms with E-state index >= 15 is 0 Å². The van der Waals surface area contributed by atoms with Crippen molar-refractivity contribution in [1.82, 2.24) is 34.5 Å². The minimum atomic E-state index is -0.501. The Labute approximate surface area is 600 Å². The van der Waals surface area contributed by atoms with E-state index < -0.39 is 54.2 Å². The Kier molecular flexibility index (Phi) is 11.6. The van der Waals surface area contributed by atoms with Crippen molar-refractivity contribution in [3.63, 3.8) is 0 Å². The van der Waals surface area contributed by atoms with Gasteiger partial charge in [-0.05, 0) is 108 Å². The van der Waals surface area contributed by atoms with Gasteiger partial charge in [-0.2, -0.15) is 0 Å². The molecule has 0 N–H and O–H groups in total. The quantitative estimate of drug-likeness (QED) is 0.152. The van der Waals surface area contributed by atoms with Crippen LogP contribution in [0.2, 0.25) is 0 Å². The zero-order valence-electron chi connectivity index (χ0n) is 64.1. The highest BCUT2D eigenvalue weighted by Gasteiger charge is 2.24. The van der Waals surface area contributed by atoms with Crippen LogP contribution >= 0.6 is 0 Å². The van der Waals surface area contributed by atoms with Crippen molar-refractivity contribution in [3.8, 4) is 85.1 Å². The third-order valence-electron chi connectivity index (χ3n) is 18.9. The van der Waals surface area contributed by atoms with Gasteiger partial charge in [0, 0.05) is 87.2 Å². The first-order valence-electron chi connectivity index (χ1n) is 38.3. The van der Waals surface area contributed by atoms with Crippen molar-refractivity contribution in [2.24, 2.45) is 0 Å². The van der Waals surface area contributed by atoms with Gasteiger partial charge in [-0.3, -0.25) is 0 Å². The molecule has 0 saturated carbocycles. The summed E-state index contributed by atoms with van der Waals surface area (Å²) in [6.45, 7) is 0. The Morgan fingerprint density at radius 1 is 0.282 bits per heavy atom. The van der Waals surface area contributed by atoms with Gasteiger partial charge in [0.1, 0.15) is 33.5 Å². The van der Waals surface area contributed by atoms with Gasteiger partial charge < -0.3 is 22.2 Å². The third kappa shape index (κ3) is 10.3. The van der Waals surface area contributed by atoms with Gasteiger partial charge in [0.25, 0.3) is 0 Å². The lowest BCUT2D eigenvalue weighted by Crippen LogP contribution is -2.00. The Hall–Kier alpha value is -14.0. The van der Waals surface area contributed by atoms with Crippen LogP contribution in [0.15, 0.2) is 333 Å². The lowest BCUT2D eigenvalue weighted by Gasteiger charge is -2.08. The zero-order valence-corrected chi connectivity index (χ0v) is 54.1. The predicted molar refractivity (Wildman–Crippen MR) is 410 cm³/mol. The van der Waals surface area contributed by atoms with Gasteiger partial charge in [0.15, 0.2) is 51.9 Å². The zero-order chi connectivity index (χ0) is 76.8. The van der Waals surface area contributed by atoms with Crippen molar-refractivity contribution in [3.05, 3.63) is 332 Å². The van der Waals surface area contributed by atoms with Crippen molar-refractivity contribution in [2.45, 2.75) is 6.42 Å². The number of rotatable bonds is 7. The number of benzene rings is 14. The molecule has 0 amide bonds.